The zero-order valence-corrected chi connectivity index (χ0v) is 17.7. The second-order valence-corrected chi connectivity index (χ2v) is 6.80. The maximum Gasteiger partial charge on any atom is 0.226 e. The standard InChI is InChI=1S/C22H30N4O3/c1-15(2)21(27)26-18-9-6-16(7-10-18)13-24-22(23-3)25-14-17-8-11-19(28-4)12-20(17)29-5/h6-12,15H,13-14H2,1-5H3,(H,26,27)(H2,23,24,25). The van der Waals surface area contributed by atoms with E-state index in [9.17, 15) is 4.79 Å². The summed E-state index contributed by atoms with van der Waals surface area (Å²) in [6.07, 6.45) is 0. The number of hydrogen-bond acceptors (Lipinski definition) is 4. The van der Waals surface area contributed by atoms with Gasteiger partial charge in [0.25, 0.3) is 0 Å². The Kier molecular flexibility index (Phi) is 8.33. The third-order valence-electron chi connectivity index (χ3n) is 4.37. The first-order valence-corrected chi connectivity index (χ1v) is 9.52. The quantitative estimate of drug-likeness (QED) is 0.470. The molecule has 7 heteroatoms. The van der Waals surface area contributed by atoms with E-state index in [1.54, 1.807) is 21.3 Å². The van der Waals surface area contributed by atoms with Gasteiger partial charge in [0.15, 0.2) is 5.96 Å². The summed E-state index contributed by atoms with van der Waals surface area (Å²) in [6, 6.07) is 13.5. The van der Waals surface area contributed by atoms with E-state index in [2.05, 4.69) is 20.9 Å². The molecular formula is C22H30N4O3. The number of guanidine groups is 1. The van der Waals surface area contributed by atoms with Gasteiger partial charge in [-0.2, -0.15) is 0 Å². The summed E-state index contributed by atoms with van der Waals surface area (Å²) >= 11 is 0. The average Bonchev–Trinajstić information content (AvgIpc) is 2.74. The second kappa shape index (κ2) is 10.9. The molecule has 0 aliphatic carbocycles. The van der Waals surface area contributed by atoms with Crippen LogP contribution in [0.4, 0.5) is 5.69 Å². The van der Waals surface area contributed by atoms with Crippen molar-refractivity contribution in [2.75, 3.05) is 26.6 Å². The number of aliphatic imine (C=N–C) groups is 1. The molecule has 0 heterocycles. The SMILES string of the molecule is CN=C(NCc1ccc(NC(=O)C(C)C)cc1)NCc1ccc(OC)cc1OC. The van der Waals surface area contributed by atoms with Crippen molar-refractivity contribution in [1.29, 1.82) is 0 Å². The Morgan fingerprint density at radius 3 is 2.28 bits per heavy atom. The van der Waals surface area contributed by atoms with Gasteiger partial charge in [0.2, 0.25) is 5.91 Å². The molecule has 2 rings (SSSR count). The molecule has 0 aliphatic rings. The lowest BCUT2D eigenvalue weighted by molar-refractivity contribution is -0.118. The summed E-state index contributed by atoms with van der Waals surface area (Å²) in [4.78, 5) is 16.0. The Bertz CT molecular complexity index is 832. The predicted octanol–water partition coefficient (Wildman–Crippen LogP) is 3.16. The number of carbonyl (C=O) groups excluding carboxylic acids is 1. The van der Waals surface area contributed by atoms with E-state index < -0.39 is 0 Å². The Morgan fingerprint density at radius 1 is 1.00 bits per heavy atom. The first-order valence-electron chi connectivity index (χ1n) is 9.52. The molecule has 156 valence electrons. The molecule has 0 aliphatic heterocycles. The van der Waals surface area contributed by atoms with Crippen LogP contribution in [-0.2, 0) is 17.9 Å². The van der Waals surface area contributed by atoms with Crippen LogP contribution in [0.15, 0.2) is 47.5 Å². The van der Waals surface area contributed by atoms with Crippen molar-refractivity contribution < 1.29 is 14.3 Å². The maximum absolute atomic E-state index is 11.8. The van der Waals surface area contributed by atoms with Crippen LogP contribution in [0.3, 0.4) is 0 Å². The minimum atomic E-state index is -0.0462. The van der Waals surface area contributed by atoms with Crippen molar-refractivity contribution in [3.63, 3.8) is 0 Å². The molecule has 0 saturated carbocycles. The van der Waals surface area contributed by atoms with Crippen LogP contribution in [0.25, 0.3) is 0 Å². The van der Waals surface area contributed by atoms with Gasteiger partial charge in [-0.15, -0.1) is 0 Å². The number of anilines is 1. The predicted molar refractivity (Wildman–Crippen MR) is 116 cm³/mol. The maximum atomic E-state index is 11.8. The molecule has 0 spiro atoms. The molecule has 29 heavy (non-hydrogen) atoms. The van der Waals surface area contributed by atoms with Crippen LogP contribution in [0, 0.1) is 5.92 Å². The molecule has 0 unspecified atom stereocenters. The molecule has 2 aromatic rings. The van der Waals surface area contributed by atoms with E-state index in [4.69, 9.17) is 9.47 Å². The van der Waals surface area contributed by atoms with Crippen LogP contribution < -0.4 is 25.4 Å². The molecule has 1 amide bonds. The van der Waals surface area contributed by atoms with E-state index in [-0.39, 0.29) is 11.8 Å². The fourth-order valence-corrected chi connectivity index (χ4v) is 2.58. The number of ether oxygens (including phenoxy) is 2. The van der Waals surface area contributed by atoms with Crippen LogP contribution >= 0.6 is 0 Å². The highest BCUT2D eigenvalue weighted by molar-refractivity contribution is 5.92. The van der Waals surface area contributed by atoms with Crippen LogP contribution in [-0.4, -0.2) is 33.1 Å². The van der Waals surface area contributed by atoms with Gasteiger partial charge in [0.05, 0.1) is 14.2 Å². The number of benzene rings is 2. The van der Waals surface area contributed by atoms with E-state index in [0.29, 0.717) is 19.0 Å². The van der Waals surface area contributed by atoms with Crippen molar-refractivity contribution in [2.24, 2.45) is 10.9 Å². The summed E-state index contributed by atoms with van der Waals surface area (Å²) < 4.78 is 10.7. The number of carbonyl (C=O) groups is 1. The number of methoxy groups -OCH3 is 2. The van der Waals surface area contributed by atoms with Crippen molar-refractivity contribution in [3.05, 3.63) is 53.6 Å². The Hall–Kier alpha value is -3.22. The zero-order chi connectivity index (χ0) is 21.2. The topological polar surface area (TPSA) is 84.0 Å². The van der Waals surface area contributed by atoms with Gasteiger partial charge in [-0.05, 0) is 29.8 Å². The third-order valence-corrected chi connectivity index (χ3v) is 4.37. The highest BCUT2D eigenvalue weighted by Gasteiger charge is 2.08. The molecule has 3 N–H and O–H groups in total. The molecular weight excluding hydrogens is 368 g/mol. The first kappa shape index (κ1) is 22.1. The molecule has 7 nitrogen and oxygen atoms in total. The molecule has 0 fully saturated rings. The third kappa shape index (κ3) is 6.71. The zero-order valence-electron chi connectivity index (χ0n) is 17.7. The van der Waals surface area contributed by atoms with Gasteiger partial charge >= 0.3 is 0 Å². The minimum absolute atomic E-state index is 0.00874. The van der Waals surface area contributed by atoms with Crippen LogP contribution in [0.5, 0.6) is 11.5 Å². The van der Waals surface area contributed by atoms with Crippen molar-refractivity contribution >= 4 is 17.6 Å². The smallest absolute Gasteiger partial charge is 0.226 e. The Balaban J connectivity index is 1.88. The average molecular weight is 399 g/mol. The lowest BCUT2D eigenvalue weighted by Gasteiger charge is -2.15. The van der Waals surface area contributed by atoms with Gasteiger partial charge in [-0.3, -0.25) is 9.79 Å². The molecule has 0 bridgehead atoms. The number of amides is 1. The van der Waals surface area contributed by atoms with E-state index >= 15 is 0 Å². The molecule has 0 atom stereocenters. The van der Waals surface area contributed by atoms with Gasteiger partial charge in [-0.1, -0.05) is 26.0 Å². The highest BCUT2D eigenvalue weighted by atomic mass is 16.5. The van der Waals surface area contributed by atoms with E-state index in [0.717, 1.165) is 28.3 Å². The lowest BCUT2D eigenvalue weighted by atomic mass is 10.1. The fraction of sp³-hybridized carbons (Fsp3) is 0.364. The van der Waals surface area contributed by atoms with E-state index in [1.165, 1.54) is 0 Å². The lowest BCUT2D eigenvalue weighted by Crippen LogP contribution is -2.36. The summed E-state index contributed by atoms with van der Waals surface area (Å²) in [7, 11) is 4.99. The van der Waals surface area contributed by atoms with Crippen molar-refractivity contribution in [2.45, 2.75) is 26.9 Å². The van der Waals surface area contributed by atoms with Gasteiger partial charge in [-0.25, -0.2) is 0 Å². The number of rotatable bonds is 8. The highest BCUT2D eigenvalue weighted by Crippen LogP contribution is 2.24. The summed E-state index contributed by atoms with van der Waals surface area (Å²) in [6.45, 7) is 4.91. The van der Waals surface area contributed by atoms with Gasteiger partial charge in [0.1, 0.15) is 11.5 Å². The van der Waals surface area contributed by atoms with Gasteiger partial charge < -0.3 is 25.4 Å². The number of hydrogen-bond donors (Lipinski definition) is 3. The molecule has 0 radical (unpaired) electrons. The molecule has 0 saturated heterocycles. The largest absolute Gasteiger partial charge is 0.497 e. The van der Waals surface area contributed by atoms with Crippen LogP contribution in [0.2, 0.25) is 0 Å². The fourth-order valence-electron chi connectivity index (χ4n) is 2.58. The molecule has 2 aromatic carbocycles. The minimum Gasteiger partial charge on any atom is -0.497 e. The Morgan fingerprint density at radius 2 is 1.69 bits per heavy atom. The van der Waals surface area contributed by atoms with Crippen molar-refractivity contribution in [3.8, 4) is 11.5 Å². The summed E-state index contributed by atoms with van der Waals surface area (Å²) in [5, 5.41) is 9.45. The van der Waals surface area contributed by atoms with E-state index in [1.807, 2.05) is 56.3 Å². The number of nitrogens with zero attached hydrogens (tertiary/aromatic N) is 1. The number of nitrogens with one attached hydrogen (secondary N) is 3. The normalized spacial score (nSPS) is 11.2. The Labute approximate surface area is 172 Å². The van der Waals surface area contributed by atoms with Crippen molar-refractivity contribution in [1.82, 2.24) is 10.6 Å². The monoisotopic (exact) mass is 398 g/mol. The first-order chi connectivity index (χ1) is 14.0. The summed E-state index contributed by atoms with van der Waals surface area (Å²) in [5.41, 5.74) is 2.88. The van der Waals surface area contributed by atoms with Gasteiger partial charge in [0, 0.05) is 43.4 Å². The summed E-state index contributed by atoms with van der Waals surface area (Å²) in [5.74, 6) is 2.15. The molecule has 0 aromatic heterocycles. The second-order valence-electron chi connectivity index (χ2n) is 6.80. The van der Waals surface area contributed by atoms with Crippen LogP contribution in [0.1, 0.15) is 25.0 Å².